The lowest BCUT2D eigenvalue weighted by molar-refractivity contribution is -0.137. The molecule has 3 rings (SSSR count). The molecular weight excluding hydrogens is 443 g/mol. The third-order valence-corrected chi connectivity index (χ3v) is 6.04. The second kappa shape index (κ2) is 8.42. The molecule has 3 aromatic rings. The first-order valence-electron chi connectivity index (χ1n) is 9.26. The van der Waals surface area contributed by atoms with Gasteiger partial charge in [-0.3, -0.25) is 19.0 Å². The average Bonchev–Trinajstić information content (AvgIpc) is 2.96. The van der Waals surface area contributed by atoms with E-state index in [1.54, 1.807) is 0 Å². The lowest BCUT2D eigenvalue weighted by atomic mass is 10.1. The Morgan fingerprint density at radius 2 is 1.75 bits per heavy atom. The predicted octanol–water partition coefficient (Wildman–Crippen LogP) is 1.63. The molecule has 3 N–H and O–H groups in total. The first-order valence-corrected chi connectivity index (χ1v) is 11.1. The third-order valence-electron chi connectivity index (χ3n) is 4.91. The number of nitrogens with zero attached hydrogens (tertiary/aromatic N) is 1. The van der Waals surface area contributed by atoms with Gasteiger partial charge in [0.1, 0.15) is 6.54 Å². The fraction of sp³-hybridized carbons (Fsp3) is 0.190. The van der Waals surface area contributed by atoms with Gasteiger partial charge in [-0.05, 0) is 42.8 Å². The summed E-state index contributed by atoms with van der Waals surface area (Å²) < 4.78 is 38.6. The van der Waals surface area contributed by atoms with Crippen molar-refractivity contribution in [2.45, 2.75) is 18.2 Å². The third kappa shape index (κ3) is 4.47. The van der Waals surface area contributed by atoms with Crippen LogP contribution >= 0.6 is 0 Å². The minimum absolute atomic E-state index is 0.0230. The van der Waals surface area contributed by atoms with Crippen molar-refractivity contribution in [2.24, 2.45) is 0 Å². The van der Waals surface area contributed by atoms with Gasteiger partial charge < -0.3 is 15.5 Å². The Balaban J connectivity index is 2.11. The van der Waals surface area contributed by atoms with E-state index in [0.717, 1.165) is 23.0 Å². The molecule has 0 spiro atoms. The molecule has 1 amide bonds. The summed E-state index contributed by atoms with van der Waals surface area (Å²) in [7, 11) is -3.47. The number of phenolic OH excluding ortho intramolecular Hbond substituents is 1. The summed E-state index contributed by atoms with van der Waals surface area (Å²) in [5.41, 5.74) is 0.802. The van der Waals surface area contributed by atoms with Gasteiger partial charge in [0.05, 0.1) is 16.8 Å². The highest BCUT2D eigenvalue weighted by molar-refractivity contribution is 7.90. The van der Waals surface area contributed by atoms with Crippen LogP contribution in [0.1, 0.15) is 21.6 Å². The first kappa shape index (κ1) is 22.9. The fourth-order valence-electron chi connectivity index (χ4n) is 3.34. The second-order valence-electron chi connectivity index (χ2n) is 7.17. The lowest BCUT2D eigenvalue weighted by Crippen LogP contribution is -2.30. The molecule has 1 heterocycles. The number of aliphatic carboxylic acids is 1. The molecule has 2 aromatic carbocycles. The molecule has 0 aliphatic carbocycles. The number of halogens is 1. The van der Waals surface area contributed by atoms with Crippen molar-refractivity contribution in [3.8, 4) is 5.75 Å². The van der Waals surface area contributed by atoms with Crippen LogP contribution in [0.15, 0.2) is 41.3 Å². The van der Waals surface area contributed by atoms with Crippen molar-refractivity contribution in [3.63, 3.8) is 0 Å². The Morgan fingerprint density at radius 3 is 2.31 bits per heavy atom. The number of hydrogen-bond acceptors (Lipinski definition) is 6. The van der Waals surface area contributed by atoms with Crippen molar-refractivity contribution in [1.29, 1.82) is 0 Å². The Labute approximate surface area is 182 Å². The monoisotopic (exact) mass is 462 g/mol. The zero-order chi connectivity index (χ0) is 23.8. The highest BCUT2D eigenvalue weighted by Crippen LogP contribution is 2.32. The van der Waals surface area contributed by atoms with E-state index in [1.165, 1.54) is 31.2 Å². The molecule has 32 heavy (non-hydrogen) atoms. The van der Waals surface area contributed by atoms with Crippen LogP contribution in [0.3, 0.4) is 0 Å². The number of benzene rings is 2. The minimum Gasteiger partial charge on any atom is -0.505 e. The number of carbonyl (C=O) groups excluding carboxylic acids is 2. The van der Waals surface area contributed by atoms with Crippen LogP contribution in [-0.4, -0.2) is 53.8 Å². The van der Waals surface area contributed by atoms with Gasteiger partial charge in [0, 0.05) is 29.0 Å². The van der Waals surface area contributed by atoms with E-state index in [9.17, 15) is 32.3 Å². The molecule has 0 saturated heterocycles. The van der Waals surface area contributed by atoms with E-state index in [0.29, 0.717) is 5.56 Å². The number of phenols is 1. The summed E-state index contributed by atoms with van der Waals surface area (Å²) in [5.74, 6) is -4.12. The van der Waals surface area contributed by atoms with Crippen LogP contribution in [0, 0.1) is 12.7 Å². The van der Waals surface area contributed by atoms with Gasteiger partial charge in [-0.1, -0.05) is 0 Å². The van der Waals surface area contributed by atoms with E-state index >= 15 is 0 Å². The number of aromatic nitrogens is 1. The number of hydrogen-bond donors (Lipinski definition) is 3. The Hall–Kier alpha value is -3.73. The molecule has 9 nitrogen and oxygen atoms in total. The zero-order valence-corrected chi connectivity index (χ0v) is 17.9. The molecule has 168 valence electrons. The average molecular weight is 462 g/mol. The maximum Gasteiger partial charge on any atom is 0.322 e. The maximum absolute atomic E-state index is 14.1. The molecule has 0 bridgehead atoms. The van der Waals surface area contributed by atoms with Crippen LogP contribution in [0.2, 0.25) is 0 Å². The number of carboxylic acid groups (broad SMARTS) is 1. The number of carboxylic acids is 1. The molecule has 0 unspecified atom stereocenters. The molecule has 11 heteroatoms. The molecule has 1 aromatic heterocycles. The van der Waals surface area contributed by atoms with Crippen LogP contribution < -0.4 is 5.32 Å². The number of amides is 1. The van der Waals surface area contributed by atoms with Crippen molar-refractivity contribution in [1.82, 2.24) is 9.88 Å². The van der Waals surface area contributed by atoms with Gasteiger partial charge in [0.25, 0.3) is 5.91 Å². The van der Waals surface area contributed by atoms with Crippen LogP contribution in [0.25, 0.3) is 10.9 Å². The molecule has 0 aliphatic rings. The summed E-state index contributed by atoms with van der Waals surface area (Å²) in [6, 6.07) is 7.24. The Kier molecular flexibility index (Phi) is 6.04. The summed E-state index contributed by atoms with van der Waals surface area (Å²) in [6.07, 6.45) is 0.721. The van der Waals surface area contributed by atoms with Crippen molar-refractivity contribution < 1.29 is 37.4 Å². The van der Waals surface area contributed by atoms with Gasteiger partial charge >= 0.3 is 5.97 Å². The summed E-state index contributed by atoms with van der Waals surface area (Å²) in [6.45, 7) is 0.930. The molecule has 0 atom stereocenters. The zero-order valence-electron chi connectivity index (χ0n) is 17.0. The van der Waals surface area contributed by atoms with E-state index in [4.69, 9.17) is 5.11 Å². The fourth-order valence-corrected chi connectivity index (χ4v) is 3.97. The standard InChI is InChI=1S/C21H19FN2O7S/c1-11-14(8-19(26)23-10-20(27)28)15-7-18(25)16(22)9-17(15)24(11)21(29)12-3-5-13(6-4-12)32(2,30)31/h3-7,9,25H,8,10H2,1-2H3,(H,23,26)(H,27,28). The Bertz CT molecular complexity index is 1360. The highest BCUT2D eigenvalue weighted by Gasteiger charge is 2.23. The van der Waals surface area contributed by atoms with Gasteiger partial charge in [0.15, 0.2) is 21.4 Å². The van der Waals surface area contributed by atoms with Crippen molar-refractivity contribution in [3.05, 3.63) is 59.0 Å². The normalized spacial score (nSPS) is 11.5. The molecule has 0 fully saturated rings. The SMILES string of the molecule is Cc1c(CC(=O)NCC(=O)O)c2cc(O)c(F)cc2n1C(=O)c1ccc(S(C)(=O)=O)cc1. The predicted molar refractivity (Wildman–Crippen MR) is 112 cm³/mol. The van der Waals surface area contributed by atoms with E-state index in [-0.39, 0.29) is 33.5 Å². The number of aromatic hydroxyl groups is 1. The number of nitrogens with one attached hydrogen (secondary N) is 1. The largest absolute Gasteiger partial charge is 0.505 e. The lowest BCUT2D eigenvalue weighted by Gasteiger charge is -2.09. The molecular formula is C21H19FN2O7S. The maximum atomic E-state index is 14.1. The molecule has 0 aliphatic heterocycles. The van der Waals surface area contributed by atoms with Crippen molar-refractivity contribution >= 4 is 38.5 Å². The summed E-state index contributed by atoms with van der Waals surface area (Å²) >= 11 is 0. The van der Waals surface area contributed by atoms with E-state index in [1.807, 2.05) is 0 Å². The number of rotatable bonds is 6. The topological polar surface area (TPSA) is 143 Å². The first-order chi connectivity index (χ1) is 14.9. The van der Waals surface area contributed by atoms with Crippen molar-refractivity contribution in [2.75, 3.05) is 12.8 Å². The molecule has 0 saturated carbocycles. The van der Waals surface area contributed by atoms with Gasteiger partial charge in [-0.2, -0.15) is 0 Å². The van der Waals surface area contributed by atoms with E-state index in [2.05, 4.69) is 5.32 Å². The summed E-state index contributed by atoms with van der Waals surface area (Å²) in [4.78, 5) is 36.1. The number of carbonyl (C=O) groups is 3. The smallest absolute Gasteiger partial charge is 0.322 e. The van der Waals surface area contributed by atoms with Gasteiger partial charge in [-0.15, -0.1) is 0 Å². The number of fused-ring (bicyclic) bond motifs is 1. The Morgan fingerprint density at radius 1 is 1.12 bits per heavy atom. The second-order valence-corrected chi connectivity index (χ2v) is 9.18. The van der Waals surface area contributed by atoms with Gasteiger partial charge in [-0.25, -0.2) is 12.8 Å². The minimum atomic E-state index is -3.47. The number of sulfone groups is 1. The molecule has 0 radical (unpaired) electrons. The highest BCUT2D eigenvalue weighted by atomic mass is 32.2. The van der Waals surface area contributed by atoms with Crippen LogP contribution in [0.4, 0.5) is 4.39 Å². The van der Waals surface area contributed by atoms with Crippen LogP contribution in [0.5, 0.6) is 5.75 Å². The van der Waals surface area contributed by atoms with Gasteiger partial charge in [0.2, 0.25) is 5.91 Å². The quantitative estimate of drug-likeness (QED) is 0.505. The van der Waals surface area contributed by atoms with E-state index < -0.39 is 45.7 Å². The summed E-state index contributed by atoms with van der Waals surface area (Å²) in [5, 5.41) is 21.0. The van der Waals surface area contributed by atoms with Crippen LogP contribution in [-0.2, 0) is 25.8 Å².